The maximum absolute atomic E-state index is 12.8. The van der Waals surface area contributed by atoms with Crippen LogP contribution < -0.4 is 5.32 Å². The fourth-order valence-electron chi connectivity index (χ4n) is 4.96. The molecule has 3 fully saturated rings. The van der Waals surface area contributed by atoms with Gasteiger partial charge in [-0.05, 0) is 58.9 Å². The van der Waals surface area contributed by atoms with E-state index in [1.807, 2.05) is 0 Å². The number of thiazole rings is 1. The van der Waals surface area contributed by atoms with Crippen molar-refractivity contribution in [2.45, 2.75) is 25.7 Å². The summed E-state index contributed by atoms with van der Waals surface area (Å²) in [5, 5.41) is 3.47. The normalized spacial score (nSPS) is 33.9. The third kappa shape index (κ3) is 1.98. The number of halogens is 1. The Balaban J connectivity index is 1.61. The van der Waals surface area contributed by atoms with Crippen LogP contribution in [0.3, 0.4) is 0 Å². The number of carbonyl (C=O) groups excluding carboxylic acids is 2. The maximum atomic E-state index is 12.8. The first-order valence-corrected chi connectivity index (χ1v) is 9.18. The molecule has 1 aromatic heterocycles. The summed E-state index contributed by atoms with van der Waals surface area (Å²) in [6, 6.07) is 0. The molecule has 1 spiro atoms. The van der Waals surface area contributed by atoms with E-state index in [0.717, 1.165) is 29.5 Å². The summed E-state index contributed by atoms with van der Waals surface area (Å²) in [6.45, 7) is 0. The van der Waals surface area contributed by atoms with E-state index in [-0.39, 0.29) is 29.1 Å². The summed E-state index contributed by atoms with van der Waals surface area (Å²) in [7, 11) is 1.42. The first-order valence-electron chi connectivity index (χ1n) is 7.57. The Morgan fingerprint density at radius 1 is 1.36 bits per heavy atom. The van der Waals surface area contributed by atoms with Crippen LogP contribution in [0.25, 0.3) is 0 Å². The van der Waals surface area contributed by atoms with E-state index < -0.39 is 0 Å². The molecule has 0 radical (unpaired) electrons. The van der Waals surface area contributed by atoms with Gasteiger partial charge < -0.3 is 10.1 Å². The van der Waals surface area contributed by atoms with E-state index in [9.17, 15) is 9.59 Å². The van der Waals surface area contributed by atoms with Crippen LogP contribution in [0.5, 0.6) is 0 Å². The molecule has 2 bridgehead atoms. The van der Waals surface area contributed by atoms with Crippen LogP contribution in [0.1, 0.15) is 25.7 Å². The minimum absolute atomic E-state index is 0.0734. The van der Waals surface area contributed by atoms with E-state index >= 15 is 0 Å². The zero-order chi connectivity index (χ0) is 15.5. The molecule has 22 heavy (non-hydrogen) atoms. The molecule has 3 aliphatic carbocycles. The number of hydrogen-bond acceptors (Lipinski definition) is 5. The lowest BCUT2D eigenvalue weighted by Gasteiger charge is -2.27. The number of anilines is 1. The first-order chi connectivity index (χ1) is 10.6. The predicted molar refractivity (Wildman–Crippen MR) is 85.3 cm³/mol. The number of amides is 1. The lowest BCUT2D eigenvalue weighted by Crippen LogP contribution is -2.38. The lowest BCUT2D eigenvalue weighted by molar-refractivity contribution is -0.151. The van der Waals surface area contributed by atoms with E-state index in [1.54, 1.807) is 6.20 Å². The smallest absolute Gasteiger partial charge is 0.309 e. The van der Waals surface area contributed by atoms with Crippen molar-refractivity contribution in [2.24, 2.45) is 29.1 Å². The van der Waals surface area contributed by atoms with Gasteiger partial charge in [0.05, 0.1) is 28.9 Å². The Bertz CT molecular complexity index is 642. The second kappa shape index (κ2) is 5.03. The number of aromatic nitrogens is 1. The Labute approximate surface area is 141 Å². The largest absolute Gasteiger partial charge is 0.469 e. The molecule has 0 aromatic carbocycles. The number of carbonyl (C=O) groups is 2. The number of nitrogens with zero attached hydrogens (tertiary/aromatic N) is 1. The van der Waals surface area contributed by atoms with Crippen LogP contribution in [-0.4, -0.2) is 24.0 Å². The molecular formula is C15H17BrN2O3S. The average Bonchev–Trinajstić information content (AvgIpc) is 3.00. The topological polar surface area (TPSA) is 68.3 Å². The highest BCUT2D eigenvalue weighted by Gasteiger charge is 2.71. The molecule has 0 saturated heterocycles. The van der Waals surface area contributed by atoms with E-state index in [1.165, 1.54) is 18.4 Å². The van der Waals surface area contributed by atoms with E-state index in [0.29, 0.717) is 17.0 Å². The molecule has 4 atom stereocenters. The number of esters is 1. The molecular weight excluding hydrogens is 368 g/mol. The highest BCUT2D eigenvalue weighted by atomic mass is 79.9. The van der Waals surface area contributed by atoms with Gasteiger partial charge in [-0.2, -0.15) is 0 Å². The van der Waals surface area contributed by atoms with Crippen LogP contribution in [0.4, 0.5) is 5.13 Å². The van der Waals surface area contributed by atoms with Gasteiger partial charge in [0.15, 0.2) is 5.13 Å². The fraction of sp³-hybridized carbons (Fsp3) is 0.667. The quantitative estimate of drug-likeness (QED) is 0.813. The summed E-state index contributed by atoms with van der Waals surface area (Å²) < 4.78 is 5.88. The third-order valence-corrected chi connectivity index (χ3v) is 7.22. The number of methoxy groups -OCH3 is 1. The first kappa shape index (κ1) is 14.6. The number of hydrogen-bond donors (Lipinski definition) is 1. The summed E-state index contributed by atoms with van der Waals surface area (Å²) in [5.74, 6) is -0.200. The van der Waals surface area contributed by atoms with Gasteiger partial charge in [0.2, 0.25) is 5.91 Å². The van der Waals surface area contributed by atoms with Gasteiger partial charge in [-0.25, -0.2) is 4.98 Å². The summed E-state index contributed by atoms with van der Waals surface area (Å²) in [6.07, 6.45) is 6.08. The summed E-state index contributed by atoms with van der Waals surface area (Å²) in [4.78, 5) is 29.2. The Kier molecular flexibility index (Phi) is 3.34. The van der Waals surface area contributed by atoms with Crippen LogP contribution in [0.2, 0.25) is 0 Å². The SMILES string of the molecule is COC(=O)[C@H]1[C@H](C(=O)Nc2ncc(Br)s2)[C@@H]2CC[C@H]1C21CC1. The van der Waals surface area contributed by atoms with Crippen molar-refractivity contribution in [3.05, 3.63) is 9.98 Å². The van der Waals surface area contributed by atoms with Gasteiger partial charge in [-0.15, -0.1) is 0 Å². The second-order valence-corrected chi connectivity index (χ2v) is 8.97. The fourth-order valence-corrected chi connectivity index (χ4v) is 6.07. The summed E-state index contributed by atoms with van der Waals surface area (Å²) in [5.41, 5.74) is 0.240. The van der Waals surface area contributed by atoms with Gasteiger partial charge >= 0.3 is 5.97 Å². The maximum Gasteiger partial charge on any atom is 0.309 e. The van der Waals surface area contributed by atoms with Crippen molar-refractivity contribution in [1.82, 2.24) is 4.98 Å². The third-order valence-electron chi connectivity index (χ3n) is 5.83. The van der Waals surface area contributed by atoms with Crippen molar-refractivity contribution in [1.29, 1.82) is 0 Å². The van der Waals surface area contributed by atoms with E-state index in [2.05, 4.69) is 26.2 Å². The molecule has 1 aromatic rings. The van der Waals surface area contributed by atoms with Crippen molar-refractivity contribution in [3.63, 3.8) is 0 Å². The predicted octanol–water partition coefficient (Wildman–Crippen LogP) is 3.07. The summed E-state index contributed by atoms with van der Waals surface area (Å²) >= 11 is 4.73. The molecule has 0 unspecified atom stereocenters. The number of rotatable bonds is 3. The van der Waals surface area contributed by atoms with Crippen LogP contribution in [0, 0.1) is 29.1 Å². The van der Waals surface area contributed by atoms with Gasteiger partial charge in [0.1, 0.15) is 0 Å². The molecule has 1 amide bonds. The lowest BCUT2D eigenvalue weighted by atomic mass is 9.78. The van der Waals surface area contributed by atoms with Crippen molar-refractivity contribution >= 4 is 44.3 Å². The van der Waals surface area contributed by atoms with E-state index in [4.69, 9.17) is 4.74 Å². The van der Waals surface area contributed by atoms with Crippen LogP contribution in [-0.2, 0) is 14.3 Å². The van der Waals surface area contributed by atoms with Crippen molar-refractivity contribution in [2.75, 3.05) is 12.4 Å². The zero-order valence-electron chi connectivity index (χ0n) is 12.2. The molecule has 1 N–H and O–H groups in total. The molecule has 1 heterocycles. The van der Waals surface area contributed by atoms with Gasteiger partial charge in [-0.3, -0.25) is 9.59 Å². The number of ether oxygens (including phenoxy) is 1. The Hall–Kier alpha value is -0.950. The van der Waals surface area contributed by atoms with Crippen LogP contribution in [0.15, 0.2) is 9.98 Å². The van der Waals surface area contributed by atoms with Gasteiger partial charge in [0.25, 0.3) is 0 Å². The minimum Gasteiger partial charge on any atom is -0.469 e. The standard InChI is InChI=1S/C15H17BrN2O3S/c1-21-13(20)11-8-3-2-7(15(8)4-5-15)10(11)12(19)18-14-17-6-9(16)22-14/h6-8,10-11H,2-5H2,1H3,(H,17,18,19)/t7-,8+,10+,11+/m0/s1. The van der Waals surface area contributed by atoms with Crippen LogP contribution >= 0.6 is 27.3 Å². The molecule has 3 aliphatic rings. The van der Waals surface area contributed by atoms with Crippen molar-refractivity contribution < 1.29 is 14.3 Å². The molecule has 118 valence electrons. The second-order valence-electron chi connectivity index (χ2n) is 6.56. The van der Waals surface area contributed by atoms with Crippen molar-refractivity contribution in [3.8, 4) is 0 Å². The van der Waals surface area contributed by atoms with Gasteiger partial charge in [0, 0.05) is 0 Å². The zero-order valence-corrected chi connectivity index (χ0v) is 14.6. The highest BCUT2D eigenvalue weighted by molar-refractivity contribution is 9.11. The highest BCUT2D eigenvalue weighted by Crippen LogP contribution is 2.74. The molecule has 3 saturated carbocycles. The average molecular weight is 385 g/mol. The monoisotopic (exact) mass is 384 g/mol. The molecule has 7 heteroatoms. The Morgan fingerprint density at radius 2 is 2.05 bits per heavy atom. The Morgan fingerprint density at radius 3 is 2.59 bits per heavy atom. The number of nitrogens with one attached hydrogen (secondary N) is 1. The molecule has 4 rings (SSSR count). The molecule has 5 nitrogen and oxygen atoms in total. The van der Waals surface area contributed by atoms with Gasteiger partial charge in [-0.1, -0.05) is 11.3 Å². The molecule has 0 aliphatic heterocycles. The minimum atomic E-state index is -0.283.